The van der Waals surface area contributed by atoms with E-state index in [2.05, 4.69) is 22.1 Å². The number of ether oxygens (including phenoxy) is 2. The summed E-state index contributed by atoms with van der Waals surface area (Å²) in [5, 5.41) is 4.20. The number of aromatic nitrogens is 2. The number of pyridine rings is 2. The van der Waals surface area contributed by atoms with E-state index in [-0.39, 0.29) is 5.78 Å². The smallest absolute Gasteiger partial charge is 0.197 e. The van der Waals surface area contributed by atoms with Crippen molar-refractivity contribution in [2.75, 3.05) is 14.2 Å². The fourth-order valence-corrected chi connectivity index (χ4v) is 4.78. The van der Waals surface area contributed by atoms with Gasteiger partial charge < -0.3 is 9.47 Å². The molecule has 0 atom stereocenters. The summed E-state index contributed by atoms with van der Waals surface area (Å²) in [5.41, 5.74) is 4.07. The van der Waals surface area contributed by atoms with Crippen molar-refractivity contribution in [3.63, 3.8) is 0 Å². The lowest BCUT2D eigenvalue weighted by atomic mass is 9.93. The first-order valence-electron chi connectivity index (χ1n) is 12.3. The SMILES string of the molecule is COc1ccc2cc(-c3ncccc3C(=O)c3cccnc3-c3ccc4cc(OC)ccc4c3)ccc2c1. The van der Waals surface area contributed by atoms with Gasteiger partial charge in [0.25, 0.3) is 0 Å². The van der Waals surface area contributed by atoms with Crippen molar-refractivity contribution >= 4 is 27.3 Å². The van der Waals surface area contributed by atoms with Crippen LogP contribution in [0.5, 0.6) is 11.5 Å². The zero-order valence-electron chi connectivity index (χ0n) is 21.0. The zero-order chi connectivity index (χ0) is 26.1. The molecule has 4 aromatic carbocycles. The molecule has 6 aromatic rings. The maximum Gasteiger partial charge on any atom is 0.197 e. The molecule has 2 aromatic heterocycles. The number of carbonyl (C=O) groups excluding carboxylic acids is 1. The Morgan fingerprint density at radius 2 is 0.974 bits per heavy atom. The van der Waals surface area contributed by atoms with Crippen LogP contribution in [0, 0.1) is 0 Å². The van der Waals surface area contributed by atoms with Crippen molar-refractivity contribution in [3.8, 4) is 34.0 Å². The van der Waals surface area contributed by atoms with Crippen molar-refractivity contribution < 1.29 is 14.3 Å². The summed E-state index contributed by atoms with van der Waals surface area (Å²) in [6.45, 7) is 0. The summed E-state index contributed by atoms with van der Waals surface area (Å²) in [4.78, 5) is 23.3. The Morgan fingerprint density at radius 1 is 0.553 bits per heavy atom. The average molecular weight is 497 g/mol. The molecule has 0 spiro atoms. The highest BCUT2D eigenvalue weighted by Crippen LogP contribution is 2.32. The number of benzene rings is 4. The van der Waals surface area contributed by atoms with Gasteiger partial charge >= 0.3 is 0 Å². The highest BCUT2D eigenvalue weighted by atomic mass is 16.5. The molecule has 0 fully saturated rings. The molecule has 0 saturated heterocycles. The third-order valence-electron chi connectivity index (χ3n) is 6.75. The molecule has 0 N–H and O–H groups in total. The average Bonchev–Trinajstić information content (AvgIpc) is 2.99. The first-order chi connectivity index (χ1) is 18.6. The second-order valence-corrected chi connectivity index (χ2v) is 8.98. The molecular weight excluding hydrogens is 472 g/mol. The lowest BCUT2D eigenvalue weighted by molar-refractivity contribution is 0.103. The maximum atomic E-state index is 14.0. The van der Waals surface area contributed by atoms with Crippen LogP contribution in [0.25, 0.3) is 44.1 Å². The first-order valence-corrected chi connectivity index (χ1v) is 12.3. The van der Waals surface area contributed by atoms with Crippen LogP contribution in [0.4, 0.5) is 0 Å². The lowest BCUT2D eigenvalue weighted by Gasteiger charge is -2.12. The van der Waals surface area contributed by atoms with Gasteiger partial charge in [-0.15, -0.1) is 0 Å². The van der Waals surface area contributed by atoms with Crippen molar-refractivity contribution in [2.45, 2.75) is 0 Å². The molecule has 0 aliphatic heterocycles. The number of methoxy groups -OCH3 is 2. The van der Waals surface area contributed by atoms with Crippen molar-refractivity contribution in [1.82, 2.24) is 9.97 Å². The third-order valence-corrected chi connectivity index (χ3v) is 6.75. The van der Waals surface area contributed by atoms with Gasteiger partial charge in [-0.2, -0.15) is 0 Å². The van der Waals surface area contributed by atoms with Crippen molar-refractivity contribution in [1.29, 1.82) is 0 Å². The molecule has 0 amide bonds. The van der Waals surface area contributed by atoms with E-state index in [1.807, 2.05) is 72.8 Å². The quantitative estimate of drug-likeness (QED) is 0.225. The van der Waals surface area contributed by atoms with Crippen LogP contribution in [0.1, 0.15) is 15.9 Å². The minimum atomic E-state index is -0.124. The Morgan fingerprint density at radius 3 is 1.42 bits per heavy atom. The van der Waals surface area contributed by atoms with E-state index in [1.54, 1.807) is 38.7 Å². The predicted octanol–water partition coefficient (Wildman–Crippen LogP) is 7.37. The number of carbonyl (C=O) groups is 1. The van der Waals surface area contributed by atoms with Gasteiger partial charge in [0.15, 0.2) is 5.78 Å². The van der Waals surface area contributed by atoms with Crippen molar-refractivity contribution in [2.24, 2.45) is 0 Å². The van der Waals surface area contributed by atoms with E-state index < -0.39 is 0 Å². The molecule has 0 saturated carbocycles. The molecule has 5 nitrogen and oxygen atoms in total. The van der Waals surface area contributed by atoms with Gasteiger partial charge in [0.05, 0.1) is 25.6 Å². The Labute approximate surface area is 220 Å². The van der Waals surface area contributed by atoms with Gasteiger partial charge in [0.2, 0.25) is 0 Å². The van der Waals surface area contributed by atoms with Crippen LogP contribution in [0.3, 0.4) is 0 Å². The topological polar surface area (TPSA) is 61.3 Å². The fraction of sp³-hybridized carbons (Fsp3) is 0.0606. The Balaban J connectivity index is 1.42. The van der Waals surface area contributed by atoms with Crippen LogP contribution in [0.2, 0.25) is 0 Å². The largest absolute Gasteiger partial charge is 0.497 e. The number of hydrogen-bond donors (Lipinski definition) is 0. The molecule has 184 valence electrons. The molecule has 0 bridgehead atoms. The summed E-state index contributed by atoms with van der Waals surface area (Å²) in [6, 6.07) is 31.2. The molecule has 6 rings (SSSR count). The highest BCUT2D eigenvalue weighted by Gasteiger charge is 2.20. The van der Waals surface area contributed by atoms with Crippen LogP contribution >= 0.6 is 0 Å². The molecule has 0 unspecified atom stereocenters. The van der Waals surface area contributed by atoms with E-state index in [9.17, 15) is 4.79 Å². The molecule has 0 radical (unpaired) electrons. The van der Waals surface area contributed by atoms with E-state index in [0.717, 1.165) is 44.2 Å². The fourth-order valence-electron chi connectivity index (χ4n) is 4.78. The highest BCUT2D eigenvalue weighted by molar-refractivity contribution is 6.15. The van der Waals surface area contributed by atoms with Gasteiger partial charge in [-0.25, -0.2) is 0 Å². The van der Waals surface area contributed by atoms with Crippen LogP contribution in [-0.2, 0) is 0 Å². The zero-order valence-corrected chi connectivity index (χ0v) is 21.0. The van der Waals surface area contributed by atoms with E-state index in [0.29, 0.717) is 22.5 Å². The molecule has 0 aliphatic rings. The van der Waals surface area contributed by atoms with E-state index >= 15 is 0 Å². The number of nitrogens with zero attached hydrogens (tertiary/aromatic N) is 2. The first kappa shape index (κ1) is 23.4. The monoisotopic (exact) mass is 496 g/mol. The summed E-state index contributed by atoms with van der Waals surface area (Å²) < 4.78 is 10.7. The number of fused-ring (bicyclic) bond motifs is 2. The molecule has 0 aliphatic carbocycles. The van der Waals surface area contributed by atoms with Gasteiger partial charge in [-0.05, 0) is 82.2 Å². The predicted molar refractivity (Wildman–Crippen MR) is 151 cm³/mol. The van der Waals surface area contributed by atoms with Gasteiger partial charge in [0.1, 0.15) is 11.5 Å². The van der Waals surface area contributed by atoms with Gasteiger partial charge in [-0.1, -0.05) is 36.4 Å². The Bertz CT molecular complexity index is 1690. The number of ketones is 1. The second-order valence-electron chi connectivity index (χ2n) is 8.98. The summed E-state index contributed by atoms with van der Waals surface area (Å²) in [6.07, 6.45) is 3.43. The summed E-state index contributed by atoms with van der Waals surface area (Å²) in [5.74, 6) is 1.48. The van der Waals surface area contributed by atoms with Crippen LogP contribution < -0.4 is 9.47 Å². The second kappa shape index (κ2) is 9.79. The van der Waals surface area contributed by atoms with Crippen LogP contribution in [0.15, 0.2) is 109 Å². The van der Waals surface area contributed by atoms with Crippen LogP contribution in [-0.4, -0.2) is 30.0 Å². The summed E-state index contributed by atoms with van der Waals surface area (Å²) in [7, 11) is 3.31. The number of rotatable bonds is 6. The third kappa shape index (κ3) is 4.24. The van der Waals surface area contributed by atoms with E-state index in [1.165, 1.54) is 0 Å². The molecule has 5 heteroatoms. The normalized spacial score (nSPS) is 11.0. The summed E-state index contributed by atoms with van der Waals surface area (Å²) >= 11 is 0. The molecule has 2 heterocycles. The Kier molecular flexibility index (Phi) is 6.02. The minimum absolute atomic E-state index is 0.124. The molecular formula is C33H24N2O3. The van der Waals surface area contributed by atoms with Gasteiger partial charge in [0, 0.05) is 34.6 Å². The maximum absolute atomic E-state index is 14.0. The standard InChI is InChI=1S/C33H24N2O3/c1-37-27-13-11-21-17-25(9-7-23(21)19-27)31-29(5-3-15-34-31)33(36)30-6-4-16-35-32(30)26-10-8-24-20-28(38-2)14-12-22(24)18-26/h3-20H,1-2H3. The van der Waals surface area contributed by atoms with Crippen molar-refractivity contribution in [3.05, 3.63) is 121 Å². The lowest BCUT2D eigenvalue weighted by Crippen LogP contribution is -2.07. The minimum Gasteiger partial charge on any atom is -0.497 e. The molecule has 38 heavy (non-hydrogen) atoms. The Hall–Kier alpha value is -5.03. The van der Waals surface area contributed by atoms with E-state index in [4.69, 9.17) is 9.47 Å². The number of hydrogen-bond acceptors (Lipinski definition) is 5. The van der Waals surface area contributed by atoms with Gasteiger partial charge in [-0.3, -0.25) is 14.8 Å².